The molecular formula is C14H12FN5O3. The van der Waals surface area contributed by atoms with Gasteiger partial charge in [0.25, 0.3) is 11.8 Å². The molecule has 8 nitrogen and oxygen atoms in total. The first-order valence-corrected chi connectivity index (χ1v) is 6.62. The van der Waals surface area contributed by atoms with E-state index >= 15 is 0 Å². The van der Waals surface area contributed by atoms with Crippen LogP contribution in [0.15, 0.2) is 40.9 Å². The average molecular weight is 317 g/mol. The highest BCUT2D eigenvalue weighted by atomic mass is 19.1. The van der Waals surface area contributed by atoms with E-state index in [0.29, 0.717) is 5.69 Å². The molecule has 118 valence electrons. The molecule has 0 spiro atoms. The van der Waals surface area contributed by atoms with Gasteiger partial charge in [-0.05, 0) is 18.2 Å². The highest BCUT2D eigenvalue weighted by molar-refractivity contribution is 5.89. The summed E-state index contributed by atoms with van der Waals surface area (Å²) < 4.78 is 25.3. The van der Waals surface area contributed by atoms with E-state index < -0.39 is 11.7 Å². The minimum Gasteiger partial charge on any atom is -0.481 e. The van der Waals surface area contributed by atoms with Gasteiger partial charge in [-0.15, -0.1) is 5.10 Å². The first kappa shape index (κ1) is 14.7. The number of nitrogens with one attached hydrogen (secondary N) is 1. The second-order valence-corrected chi connectivity index (χ2v) is 4.52. The minimum atomic E-state index is -0.548. The summed E-state index contributed by atoms with van der Waals surface area (Å²) in [6, 6.07) is 7.42. The van der Waals surface area contributed by atoms with Gasteiger partial charge >= 0.3 is 6.01 Å². The van der Waals surface area contributed by atoms with Crippen molar-refractivity contribution in [2.75, 3.05) is 11.9 Å². The molecule has 0 saturated carbocycles. The number of carbonyl (C=O) groups excluding carboxylic acids is 1. The van der Waals surface area contributed by atoms with Crippen LogP contribution in [-0.4, -0.2) is 32.5 Å². The van der Waals surface area contributed by atoms with E-state index in [0.717, 1.165) is 0 Å². The molecule has 1 N–H and O–H groups in total. The van der Waals surface area contributed by atoms with E-state index in [1.54, 1.807) is 30.1 Å². The SMILES string of the molecule is Cn1nccc1-c1nnc(NC(=O)COc2ccccc2F)o1. The van der Waals surface area contributed by atoms with Crippen molar-refractivity contribution in [1.29, 1.82) is 0 Å². The van der Waals surface area contributed by atoms with Crippen molar-refractivity contribution in [2.45, 2.75) is 0 Å². The van der Waals surface area contributed by atoms with Crippen LogP contribution in [0.1, 0.15) is 0 Å². The maximum atomic E-state index is 13.4. The molecule has 3 aromatic rings. The molecule has 0 unspecified atom stereocenters. The number of ether oxygens (including phenoxy) is 1. The van der Waals surface area contributed by atoms with E-state index in [2.05, 4.69) is 20.6 Å². The number of benzene rings is 1. The van der Waals surface area contributed by atoms with Crippen LogP contribution >= 0.6 is 0 Å². The smallest absolute Gasteiger partial charge is 0.322 e. The lowest BCUT2D eigenvalue weighted by Gasteiger charge is -2.05. The Hall–Kier alpha value is -3.23. The summed E-state index contributed by atoms with van der Waals surface area (Å²) in [6.07, 6.45) is 1.58. The topological polar surface area (TPSA) is 95.1 Å². The van der Waals surface area contributed by atoms with Gasteiger partial charge in [-0.25, -0.2) is 4.39 Å². The molecule has 1 amide bonds. The Morgan fingerprint density at radius 3 is 2.91 bits per heavy atom. The zero-order chi connectivity index (χ0) is 16.2. The Labute approximate surface area is 129 Å². The van der Waals surface area contributed by atoms with Crippen LogP contribution < -0.4 is 10.1 Å². The third-order valence-corrected chi connectivity index (χ3v) is 2.91. The summed E-state index contributed by atoms with van der Waals surface area (Å²) in [5.74, 6) is -0.885. The molecule has 0 fully saturated rings. The predicted molar refractivity (Wildman–Crippen MR) is 77.0 cm³/mol. The van der Waals surface area contributed by atoms with Gasteiger partial charge in [-0.3, -0.25) is 14.8 Å². The number of hydrogen-bond donors (Lipinski definition) is 1. The van der Waals surface area contributed by atoms with Crippen molar-refractivity contribution in [3.05, 3.63) is 42.3 Å². The van der Waals surface area contributed by atoms with E-state index in [1.807, 2.05) is 0 Å². The first-order valence-electron chi connectivity index (χ1n) is 6.62. The molecule has 0 bridgehead atoms. The number of para-hydroxylation sites is 1. The number of halogens is 1. The second-order valence-electron chi connectivity index (χ2n) is 4.52. The van der Waals surface area contributed by atoms with Crippen molar-refractivity contribution in [1.82, 2.24) is 20.0 Å². The average Bonchev–Trinajstić information content (AvgIpc) is 3.15. The molecule has 0 radical (unpaired) electrons. The second kappa shape index (κ2) is 6.26. The molecule has 9 heteroatoms. The number of nitrogens with zero attached hydrogens (tertiary/aromatic N) is 4. The largest absolute Gasteiger partial charge is 0.481 e. The Bertz CT molecular complexity index is 829. The van der Waals surface area contributed by atoms with E-state index in [-0.39, 0.29) is 24.3 Å². The Balaban J connectivity index is 1.59. The molecule has 0 aliphatic heterocycles. The zero-order valence-corrected chi connectivity index (χ0v) is 12.1. The van der Waals surface area contributed by atoms with Gasteiger partial charge in [-0.1, -0.05) is 17.2 Å². The van der Waals surface area contributed by atoms with Crippen molar-refractivity contribution in [2.24, 2.45) is 7.05 Å². The van der Waals surface area contributed by atoms with Gasteiger partial charge in [0.1, 0.15) is 5.69 Å². The Morgan fingerprint density at radius 2 is 2.17 bits per heavy atom. The number of anilines is 1. The summed E-state index contributed by atoms with van der Waals surface area (Å²) in [5.41, 5.74) is 0.612. The normalized spacial score (nSPS) is 10.5. The summed E-state index contributed by atoms with van der Waals surface area (Å²) in [6.45, 7) is -0.385. The van der Waals surface area contributed by atoms with Crippen LogP contribution in [0.3, 0.4) is 0 Å². The maximum absolute atomic E-state index is 13.4. The lowest BCUT2D eigenvalue weighted by Crippen LogP contribution is -2.20. The van der Waals surface area contributed by atoms with Crippen LogP contribution in [0.4, 0.5) is 10.4 Å². The van der Waals surface area contributed by atoms with Crippen LogP contribution in [0.5, 0.6) is 5.75 Å². The number of rotatable bonds is 5. The van der Waals surface area contributed by atoms with Gasteiger partial charge in [0.05, 0.1) is 0 Å². The summed E-state index contributed by atoms with van der Waals surface area (Å²) >= 11 is 0. The van der Waals surface area contributed by atoms with Crippen molar-refractivity contribution in [3.8, 4) is 17.3 Å². The van der Waals surface area contributed by atoms with Gasteiger partial charge in [0, 0.05) is 13.2 Å². The molecule has 3 rings (SSSR count). The standard InChI is InChI=1S/C14H12FN5O3/c1-20-10(6-7-16-20)13-18-19-14(23-13)17-12(21)8-22-11-5-3-2-4-9(11)15/h2-7H,8H2,1H3,(H,17,19,21). The monoisotopic (exact) mass is 317 g/mol. The third kappa shape index (κ3) is 3.34. The molecule has 0 atom stereocenters. The predicted octanol–water partition coefficient (Wildman–Crippen LogP) is 1.63. The van der Waals surface area contributed by atoms with Gasteiger partial charge in [0.15, 0.2) is 18.2 Å². The number of aromatic nitrogens is 4. The quantitative estimate of drug-likeness (QED) is 0.768. The molecule has 23 heavy (non-hydrogen) atoms. The first-order chi connectivity index (χ1) is 11.1. The zero-order valence-electron chi connectivity index (χ0n) is 12.1. The minimum absolute atomic E-state index is 0.0104. The number of carbonyl (C=O) groups is 1. The van der Waals surface area contributed by atoms with E-state index in [9.17, 15) is 9.18 Å². The summed E-state index contributed by atoms with van der Waals surface area (Å²) in [5, 5.41) is 13.9. The lowest BCUT2D eigenvalue weighted by atomic mass is 10.3. The van der Waals surface area contributed by atoms with Gasteiger partial charge < -0.3 is 9.15 Å². The van der Waals surface area contributed by atoms with Crippen molar-refractivity contribution in [3.63, 3.8) is 0 Å². The van der Waals surface area contributed by atoms with Crippen LogP contribution in [0.2, 0.25) is 0 Å². The molecule has 1 aromatic carbocycles. The van der Waals surface area contributed by atoms with Crippen LogP contribution in [0.25, 0.3) is 11.6 Å². The Kier molecular flexibility index (Phi) is 4.00. The van der Waals surface area contributed by atoms with Gasteiger partial charge in [-0.2, -0.15) is 5.10 Å². The number of aryl methyl sites for hydroxylation is 1. The molecule has 0 aliphatic carbocycles. The summed E-state index contributed by atoms with van der Waals surface area (Å²) in [4.78, 5) is 11.8. The fourth-order valence-electron chi connectivity index (χ4n) is 1.82. The fraction of sp³-hybridized carbons (Fsp3) is 0.143. The van der Waals surface area contributed by atoms with Crippen molar-refractivity contribution >= 4 is 11.9 Å². The highest BCUT2D eigenvalue weighted by Crippen LogP contribution is 2.19. The fourth-order valence-corrected chi connectivity index (χ4v) is 1.82. The van der Waals surface area contributed by atoms with Gasteiger partial charge in [0.2, 0.25) is 0 Å². The van der Waals surface area contributed by atoms with E-state index in [4.69, 9.17) is 9.15 Å². The van der Waals surface area contributed by atoms with E-state index in [1.165, 1.54) is 18.2 Å². The highest BCUT2D eigenvalue weighted by Gasteiger charge is 2.14. The number of hydrogen-bond acceptors (Lipinski definition) is 6. The maximum Gasteiger partial charge on any atom is 0.322 e. The summed E-state index contributed by atoms with van der Waals surface area (Å²) in [7, 11) is 1.72. The number of amides is 1. The molecule has 2 aromatic heterocycles. The Morgan fingerprint density at radius 1 is 1.35 bits per heavy atom. The lowest BCUT2D eigenvalue weighted by molar-refractivity contribution is -0.118. The van der Waals surface area contributed by atoms with Crippen LogP contribution in [0, 0.1) is 5.82 Å². The molecular weight excluding hydrogens is 305 g/mol. The third-order valence-electron chi connectivity index (χ3n) is 2.91. The van der Waals surface area contributed by atoms with Crippen LogP contribution in [-0.2, 0) is 11.8 Å². The molecule has 0 saturated heterocycles. The van der Waals surface area contributed by atoms with Crippen molar-refractivity contribution < 1.29 is 18.3 Å². The molecule has 0 aliphatic rings. The molecule has 2 heterocycles.